The molecule has 2 nitrogen and oxygen atoms in total. The summed E-state index contributed by atoms with van der Waals surface area (Å²) in [7, 11) is 1.66. The fraction of sp³-hybridized carbons (Fsp3) is 0.111. The lowest BCUT2D eigenvalue weighted by Gasteiger charge is -2.12. The van der Waals surface area contributed by atoms with Crippen LogP contribution >= 0.6 is 0 Å². The van der Waals surface area contributed by atoms with Gasteiger partial charge in [-0.2, -0.15) is 0 Å². The van der Waals surface area contributed by atoms with Gasteiger partial charge in [-0.3, -0.25) is 0 Å². The van der Waals surface area contributed by atoms with Crippen molar-refractivity contribution in [1.82, 2.24) is 0 Å². The van der Waals surface area contributed by atoms with Crippen LogP contribution in [0.5, 0.6) is 11.5 Å². The van der Waals surface area contributed by atoms with Crippen LogP contribution in [0, 0.1) is 6.07 Å². The molecule has 0 aromatic heterocycles. The van der Waals surface area contributed by atoms with Gasteiger partial charge in [0.2, 0.25) is 0 Å². The van der Waals surface area contributed by atoms with Crippen LogP contribution < -0.4 is 9.47 Å². The van der Waals surface area contributed by atoms with Crippen molar-refractivity contribution in [3.63, 3.8) is 0 Å². The second-order valence-corrected chi connectivity index (χ2v) is 4.55. The molecule has 0 amide bonds. The van der Waals surface area contributed by atoms with E-state index in [0.29, 0.717) is 6.61 Å². The minimum atomic E-state index is 0.529. The van der Waals surface area contributed by atoms with E-state index in [1.807, 2.05) is 60.7 Å². The summed E-state index contributed by atoms with van der Waals surface area (Å²) in [6, 6.07) is 23.0. The summed E-state index contributed by atoms with van der Waals surface area (Å²) in [6.07, 6.45) is 0. The molecule has 0 aliphatic rings. The topological polar surface area (TPSA) is 18.5 Å². The third-order valence-corrected chi connectivity index (χ3v) is 3.20. The van der Waals surface area contributed by atoms with E-state index in [9.17, 15) is 0 Å². The van der Waals surface area contributed by atoms with Crippen LogP contribution in [0.3, 0.4) is 0 Å². The molecule has 99 valence electrons. The van der Waals surface area contributed by atoms with Crippen molar-refractivity contribution >= 4 is 10.8 Å². The normalized spacial score (nSPS) is 10.4. The molecular formula is C18H15O2. The number of ether oxygens (including phenoxy) is 2. The average molecular weight is 263 g/mol. The minimum absolute atomic E-state index is 0.529. The van der Waals surface area contributed by atoms with Crippen LogP contribution in [0.4, 0.5) is 0 Å². The Bertz CT molecular complexity index is 705. The fourth-order valence-corrected chi connectivity index (χ4v) is 2.14. The Morgan fingerprint density at radius 2 is 1.75 bits per heavy atom. The van der Waals surface area contributed by atoms with Gasteiger partial charge in [0.25, 0.3) is 0 Å². The highest BCUT2D eigenvalue weighted by Crippen LogP contribution is 2.32. The number of fused-ring (bicyclic) bond motifs is 1. The Kier molecular flexibility index (Phi) is 3.55. The molecule has 2 heteroatoms. The fourth-order valence-electron chi connectivity index (χ4n) is 2.14. The van der Waals surface area contributed by atoms with Gasteiger partial charge in [0.1, 0.15) is 6.61 Å². The number of hydrogen-bond donors (Lipinski definition) is 0. The summed E-state index contributed by atoms with van der Waals surface area (Å²) in [5.74, 6) is 1.50. The quantitative estimate of drug-likeness (QED) is 0.701. The van der Waals surface area contributed by atoms with Gasteiger partial charge in [-0.15, -0.1) is 0 Å². The zero-order valence-corrected chi connectivity index (χ0v) is 11.3. The van der Waals surface area contributed by atoms with Gasteiger partial charge in [0, 0.05) is 0 Å². The first kappa shape index (κ1) is 12.5. The number of methoxy groups -OCH3 is 1. The van der Waals surface area contributed by atoms with E-state index in [-0.39, 0.29) is 0 Å². The highest BCUT2D eigenvalue weighted by molar-refractivity contribution is 5.85. The van der Waals surface area contributed by atoms with Crippen LogP contribution in [0.15, 0.2) is 60.7 Å². The zero-order chi connectivity index (χ0) is 13.8. The summed E-state index contributed by atoms with van der Waals surface area (Å²) >= 11 is 0. The van der Waals surface area contributed by atoms with E-state index >= 15 is 0 Å². The van der Waals surface area contributed by atoms with Gasteiger partial charge in [-0.05, 0) is 40.6 Å². The second-order valence-electron chi connectivity index (χ2n) is 4.55. The molecule has 0 aliphatic heterocycles. The summed E-state index contributed by atoms with van der Waals surface area (Å²) in [6.45, 7) is 0.529. The maximum atomic E-state index is 5.89. The van der Waals surface area contributed by atoms with Crippen molar-refractivity contribution in [3.8, 4) is 11.5 Å². The van der Waals surface area contributed by atoms with Gasteiger partial charge in [0.05, 0.1) is 7.11 Å². The molecule has 0 aliphatic carbocycles. The molecule has 0 fully saturated rings. The first-order valence-corrected chi connectivity index (χ1v) is 6.51. The molecule has 3 aromatic rings. The number of rotatable bonds is 4. The van der Waals surface area contributed by atoms with Crippen LogP contribution in [0.2, 0.25) is 0 Å². The van der Waals surface area contributed by atoms with Crippen LogP contribution in [-0.4, -0.2) is 7.11 Å². The maximum absolute atomic E-state index is 5.89. The van der Waals surface area contributed by atoms with Crippen molar-refractivity contribution in [2.24, 2.45) is 0 Å². The predicted octanol–water partition coefficient (Wildman–Crippen LogP) is 4.23. The molecule has 0 atom stereocenters. The SMILES string of the molecule is COc1cc2c[c]ccc2cc1OCc1ccccc1. The lowest BCUT2D eigenvalue weighted by molar-refractivity contribution is 0.285. The highest BCUT2D eigenvalue weighted by atomic mass is 16.5. The number of hydrogen-bond acceptors (Lipinski definition) is 2. The van der Waals surface area contributed by atoms with Crippen molar-refractivity contribution in [2.75, 3.05) is 7.11 Å². The van der Waals surface area contributed by atoms with Crippen LogP contribution in [-0.2, 0) is 6.61 Å². The standard InChI is InChI=1S/C18H15O2/c1-19-17-11-15-9-5-6-10-16(15)12-18(17)20-13-14-7-3-2-4-8-14/h2-4,6-12H,13H2,1H3. The smallest absolute Gasteiger partial charge is 0.162 e. The number of benzene rings is 3. The lowest BCUT2D eigenvalue weighted by Crippen LogP contribution is -1.97. The largest absolute Gasteiger partial charge is 0.493 e. The van der Waals surface area contributed by atoms with E-state index in [4.69, 9.17) is 9.47 Å². The monoisotopic (exact) mass is 263 g/mol. The molecule has 0 spiro atoms. The average Bonchev–Trinajstić information content (AvgIpc) is 2.53. The van der Waals surface area contributed by atoms with Gasteiger partial charge in [-0.1, -0.05) is 42.5 Å². The predicted molar refractivity (Wildman–Crippen MR) is 80.1 cm³/mol. The Balaban J connectivity index is 1.90. The molecule has 0 N–H and O–H groups in total. The third kappa shape index (κ3) is 2.59. The molecular weight excluding hydrogens is 248 g/mol. The van der Waals surface area contributed by atoms with Crippen molar-refractivity contribution in [2.45, 2.75) is 6.61 Å². The van der Waals surface area contributed by atoms with E-state index < -0.39 is 0 Å². The van der Waals surface area contributed by atoms with Crippen molar-refractivity contribution in [1.29, 1.82) is 0 Å². The van der Waals surface area contributed by atoms with Gasteiger partial charge in [-0.25, -0.2) is 0 Å². The zero-order valence-electron chi connectivity index (χ0n) is 11.3. The molecule has 0 bridgehead atoms. The Morgan fingerprint density at radius 1 is 0.950 bits per heavy atom. The van der Waals surface area contributed by atoms with Crippen molar-refractivity contribution in [3.05, 3.63) is 72.3 Å². The molecule has 0 unspecified atom stereocenters. The summed E-state index contributed by atoms with van der Waals surface area (Å²) in [5, 5.41) is 2.21. The van der Waals surface area contributed by atoms with Gasteiger partial charge in [0.15, 0.2) is 11.5 Å². The highest BCUT2D eigenvalue weighted by Gasteiger charge is 2.07. The summed E-state index contributed by atoms with van der Waals surface area (Å²) in [5.41, 5.74) is 1.14. The molecule has 0 heterocycles. The first-order valence-electron chi connectivity index (χ1n) is 6.51. The molecule has 3 aromatic carbocycles. The maximum Gasteiger partial charge on any atom is 0.162 e. The third-order valence-electron chi connectivity index (χ3n) is 3.20. The molecule has 0 saturated carbocycles. The first-order chi connectivity index (χ1) is 9.86. The van der Waals surface area contributed by atoms with E-state index in [1.54, 1.807) is 7.11 Å². The molecule has 0 saturated heterocycles. The van der Waals surface area contributed by atoms with E-state index in [0.717, 1.165) is 27.8 Å². The van der Waals surface area contributed by atoms with Gasteiger partial charge < -0.3 is 9.47 Å². The second kappa shape index (κ2) is 5.66. The molecule has 20 heavy (non-hydrogen) atoms. The Hall–Kier alpha value is -2.48. The Morgan fingerprint density at radius 3 is 2.55 bits per heavy atom. The van der Waals surface area contributed by atoms with Crippen LogP contribution in [0.1, 0.15) is 5.56 Å². The summed E-state index contributed by atoms with van der Waals surface area (Å²) < 4.78 is 11.3. The van der Waals surface area contributed by atoms with Crippen molar-refractivity contribution < 1.29 is 9.47 Å². The molecule has 3 rings (SSSR count). The van der Waals surface area contributed by atoms with E-state index in [1.165, 1.54) is 0 Å². The summed E-state index contributed by atoms with van der Waals surface area (Å²) in [4.78, 5) is 0. The van der Waals surface area contributed by atoms with E-state index in [2.05, 4.69) is 6.07 Å². The van der Waals surface area contributed by atoms with Crippen LogP contribution in [0.25, 0.3) is 10.8 Å². The van der Waals surface area contributed by atoms with Gasteiger partial charge >= 0.3 is 0 Å². The Labute approximate surface area is 118 Å². The molecule has 1 radical (unpaired) electrons. The lowest BCUT2D eigenvalue weighted by atomic mass is 10.1. The minimum Gasteiger partial charge on any atom is -0.493 e.